The summed E-state index contributed by atoms with van der Waals surface area (Å²) in [5, 5.41) is 0. The van der Waals surface area contributed by atoms with E-state index in [1.807, 2.05) is 0 Å². The van der Waals surface area contributed by atoms with Gasteiger partial charge in [0.2, 0.25) is 5.76 Å². The van der Waals surface area contributed by atoms with Crippen LogP contribution in [-0.4, -0.2) is 25.7 Å². The Morgan fingerprint density at radius 3 is 3.17 bits per heavy atom. The summed E-state index contributed by atoms with van der Waals surface area (Å²) in [6.45, 7) is 3.06. The van der Waals surface area contributed by atoms with Crippen LogP contribution in [0.5, 0.6) is 0 Å². The van der Waals surface area contributed by atoms with Gasteiger partial charge in [-0.1, -0.05) is 0 Å². The van der Waals surface area contributed by atoms with Crippen molar-refractivity contribution in [1.29, 1.82) is 0 Å². The molecule has 1 rings (SSSR count). The van der Waals surface area contributed by atoms with E-state index in [0.717, 1.165) is 0 Å². The van der Waals surface area contributed by atoms with E-state index in [1.54, 1.807) is 6.92 Å². The fourth-order valence-corrected chi connectivity index (χ4v) is 0.675. The molecule has 1 amide bonds. The zero-order valence-electron chi connectivity index (χ0n) is 6.83. The molecule has 0 aromatic heterocycles. The van der Waals surface area contributed by atoms with Crippen LogP contribution in [0.1, 0.15) is 6.92 Å². The van der Waals surface area contributed by atoms with Gasteiger partial charge in [-0.15, -0.1) is 0 Å². The van der Waals surface area contributed by atoms with Gasteiger partial charge in [0.15, 0.2) is 0 Å². The molecule has 1 N–H and O–H groups in total. The van der Waals surface area contributed by atoms with Crippen LogP contribution < -0.4 is 5.48 Å². The third kappa shape index (κ3) is 2.43. The molecule has 68 valence electrons. The van der Waals surface area contributed by atoms with Gasteiger partial charge in [0, 0.05) is 0 Å². The third-order valence-corrected chi connectivity index (χ3v) is 1.18. The highest BCUT2D eigenvalue weighted by atomic mass is 16.7. The van der Waals surface area contributed by atoms with Crippen molar-refractivity contribution < 1.29 is 19.1 Å². The van der Waals surface area contributed by atoms with E-state index in [9.17, 15) is 4.79 Å². The van der Waals surface area contributed by atoms with Crippen molar-refractivity contribution in [2.75, 3.05) is 19.8 Å². The van der Waals surface area contributed by atoms with Crippen LogP contribution in [0.25, 0.3) is 0 Å². The molecule has 0 atom stereocenters. The van der Waals surface area contributed by atoms with Crippen LogP contribution in [0, 0.1) is 0 Å². The smallest absolute Gasteiger partial charge is 0.313 e. The molecule has 1 aliphatic rings. The summed E-state index contributed by atoms with van der Waals surface area (Å²) < 4.78 is 9.86. The number of rotatable bonds is 3. The highest BCUT2D eigenvalue weighted by molar-refractivity contribution is 5.90. The quantitative estimate of drug-likeness (QED) is 0.607. The molecule has 0 aliphatic carbocycles. The van der Waals surface area contributed by atoms with Gasteiger partial charge in [-0.05, 0) is 6.92 Å². The van der Waals surface area contributed by atoms with Crippen LogP contribution in [-0.2, 0) is 19.1 Å². The first kappa shape index (κ1) is 8.86. The zero-order valence-corrected chi connectivity index (χ0v) is 6.83. The maximum absolute atomic E-state index is 11.0. The Kier molecular flexibility index (Phi) is 3.40. The minimum absolute atomic E-state index is 0.148. The van der Waals surface area contributed by atoms with Gasteiger partial charge in [-0.25, -0.2) is 5.48 Å². The largest absolute Gasteiger partial charge is 0.494 e. The minimum atomic E-state index is -0.420. The molecule has 0 fully saturated rings. The maximum atomic E-state index is 11.0. The predicted molar refractivity (Wildman–Crippen MR) is 39.8 cm³/mol. The Bertz CT molecular complexity index is 190. The lowest BCUT2D eigenvalue weighted by Gasteiger charge is -2.14. The lowest BCUT2D eigenvalue weighted by Crippen LogP contribution is -2.28. The third-order valence-electron chi connectivity index (χ3n) is 1.18. The Hall–Kier alpha value is -1.23. The molecular formula is C7H11NO4. The van der Waals surface area contributed by atoms with Crippen molar-refractivity contribution >= 4 is 5.91 Å². The van der Waals surface area contributed by atoms with E-state index in [2.05, 4.69) is 10.3 Å². The molecule has 5 nitrogen and oxygen atoms in total. The topological polar surface area (TPSA) is 56.8 Å². The van der Waals surface area contributed by atoms with Crippen molar-refractivity contribution in [3.8, 4) is 0 Å². The number of carbonyl (C=O) groups excluding carboxylic acids is 1. The second-order valence-electron chi connectivity index (χ2n) is 2.07. The van der Waals surface area contributed by atoms with Crippen LogP contribution in [0.15, 0.2) is 12.0 Å². The first-order chi connectivity index (χ1) is 5.84. The summed E-state index contributed by atoms with van der Waals surface area (Å²) in [5.74, 6) is -0.272. The van der Waals surface area contributed by atoms with Gasteiger partial charge < -0.3 is 9.47 Å². The van der Waals surface area contributed by atoms with E-state index in [1.165, 1.54) is 6.26 Å². The van der Waals surface area contributed by atoms with Crippen LogP contribution in [0.4, 0.5) is 0 Å². The lowest BCUT2D eigenvalue weighted by atomic mass is 10.5. The molecular weight excluding hydrogens is 162 g/mol. The Labute approximate surface area is 70.2 Å². The molecule has 0 aromatic rings. The second-order valence-corrected chi connectivity index (χ2v) is 2.07. The van der Waals surface area contributed by atoms with Gasteiger partial charge in [0.1, 0.15) is 19.5 Å². The van der Waals surface area contributed by atoms with Gasteiger partial charge >= 0.3 is 5.91 Å². The summed E-state index contributed by atoms with van der Waals surface area (Å²) >= 11 is 0. The maximum Gasteiger partial charge on any atom is 0.313 e. The summed E-state index contributed by atoms with van der Waals surface area (Å²) in [7, 11) is 0. The molecule has 0 saturated heterocycles. The number of carbonyl (C=O) groups is 1. The molecule has 0 spiro atoms. The van der Waals surface area contributed by atoms with Gasteiger partial charge in [0.05, 0.1) is 6.61 Å². The van der Waals surface area contributed by atoms with Crippen molar-refractivity contribution in [2.45, 2.75) is 6.92 Å². The predicted octanol–water partition coefficient (Wildman–Crippen LogP) is -0.0577. The van der Waals surface area contributed by atoms with Gasteiger partial charge in [0.25, 0.3) is 0 Å². The number of amides is 1. The normalized spacial score (nSPS) is 15.6. The van der Waals surface area contributed by atoms with E-state index in [4.69, 9.17) is 9.47 Å². The average molecular weight is 173 g/mol. The molecule has 5 heteroatoms. The van der Waals surface area contributed by atoms with Crippen molar-refractivity contribution in [2.24, 2.45) is 0 Å². The molecule has 0 saturated carbocycles. The van der Waals surface area contributed by atoms with E-state index in [-0.39, 0.29) is 5.76 Å². The first-order valence-corrected chi connectivity index (χ1v) is 3.71. The Balaban J connectivity index is 2.35. The minimum Gasteiger partial charge on any atom is -0.494 e. The molecule has 0 bridgehead atoms. The lowest BCUT2D eigenvalue weighted by molar-refractivity contribution is -0.134. The highest BCUT2D eigenvalue weighted by Gasteiger charge is 2.14. The SMILES string of the molecule is CCONC(=O)C1=COCCO1. The summed E-state index contributed by atoms with van der Waals surface area (Å²) in [6.07, 6.45) is 1.28. The number of hydrogen-bond acceptors (Lipinski definition) is 4. The van der Waals surface area contributed by atoms with Crippen LogP contribution in [0.2, 0.25) is 0 Å². The zero-order chi connectivity index (χ0) is 8.81. The fourth-order valence-electron chi connectivity index (χ4n) is 0.675. The summed E-state index contributed by atoms with van der Waals surface area (Å²) in [5.41, 5.74) is 2.19. The highest BCUT2D eigenvalue weighted by Crippen LogP contribution is 2.03. The molecule has 0 aromatic carbocycles. The monoisotopic (exact) mass is 173 g/mol. The second kappa shape index (κ2) is 4.61. The van der Waals surface area contributed by atoms with E-state index < -0.39 is 5.91 Å². The van der Waals surface area contributed by atoms with E-state index in [0.29, 0.717) is 19.8 Å². The molecule has 0 radical (unpaired) electrons. The molecule has 1 aliphatic heterocycles. The van der Waals surface area contributed by atoms with Gasteiger partial charge in [-0.3, -0.25) is 9.63 Å². The number of hydroxylamine groups is 1. The average Bonchev–Trinajstić information content (AvgIpc) is 2.15. The Morgan fingerprint density at radius 2 is 2.58 bits per heavy atom. The number of ether oxygens (including phenoxy) is 2. The summed E-state index contributed by atoms with van der Waals surface area (Å²) in [6, 6.07) is 0. The standard InChI is InChI=1S/C7H11NO4/c1-2-12-8-7(9)6-5-10-3-4-11-6/h5H,2-4H2,1H3,(H,8,9). The molecule has 0 unspecified atom stereocenters. The van der Waals surface area contributed by atoms with E-state index >= 15 is 0 Å². The molecule has 1 heterocycles. The molecule has 12 heavy (non-hydrogen) atoms. The number of hydrogen-bond donors (Lipinski definition) is 1. The van der Waals surface area contributed by atoms with Crippen molar-refractivity contribution in [3.05, 3.63) is 12.0 Å². The van der Waals surface area contributed by atoms with Crippen molar-refractivity contribution in [1.82, 2.24) is 5.48 Å². The number of nitrogens with one attached hydrogen (secondary N) is 1. The van der Waals surface area contributed by atoms with Crippen molar-refractivity contribution in [3.63, 3.8) is 0 Å². The van der Waals surface area contributed by atoms with Gasteiger partial charge in [-0.2, -0.15) is 0 Å². The first-order valence-electron chi connectivity index (χ1n) is 3.71. The van der Waals surface area contributed by atoms with Crippen LogP contribution in [0.3, 0.4) is 0 Å². The van der Waals surface area contributed by atoms with Crippen LogP contribution >= 0.6 is 0 Å². The Morgan fingerprint density at radius 1 is 1.75 bits per heavy atom. The summed E-state index contributed by atoms with van der Waals surface area (Å²) in [4.78, 5) is 15.7. The fraction of sp³-hybridized carbons (Fsp3) is 0.571.